The van der Waals surface area contributed by atoms with Crippen molar-refractivity contribution in [3.05, 3.63) is 59.2 Å². The summed E-state index contributed by atoms with van der Waals surface area (Å²) < 4.78 is 27.2. The number of hydrogen-bond donors (Lipinski definition) is 1. The van der Waals surface area contributed by atoms with Crippen molar-refractivity contribution in [3.63, 3.8) is 0 Å². The van der Waals surface area contributed by atoms with Gasteiger partial charge in [-0.3, -0.25) is 4.79 Å². The Kier molecular flexibility index (Phi) is 5.64. The minimum Gasteiger partial charge on any atom is -0.322 e. The van der Waals surface area contributed by atoms with Gasteiger partial charge in [0, 0.05) is 24.3 Å². The van der Waals surface area contributed by atoms with E-state index in [1.54, 1.807) is 12.1 Å². The van der Waals surface area contributed by atoms with E-state index in [2.05, 4.69) is 26.1 Å². The number of hydrogen-bond acceptors (Lipinski definition) is 3. The number of nitrogens with one attached hydrogen (secondary N) is 1. The summed E-state index contributed by atoms with van der Waals surface area (Å²) in [7, 11) is -3.56. The van der Waals surface area contributed by atoms with Crippen LogP contribution in [0.5, 0.6) is 0 Å². The van der Waals surface area contributed by atoms with Crippen LogP contribution in [0.25, 0.3) is 0 Å². The Bertz CT molecular complexity index is 985. The monoisotopic (exact) mass is 400 g/mol. The van der Waals surface area contributed by atoms with Gasteiger partial charge >= 0.3 is 0 Å². The number of anilines is 1. The van der Waals surface area contributed by atoms with Gasteiger partial charge in [-0.25, -0.2) is 8.42 Å². The maximum atomic E-state index is 13.0. The zero-order chi connectivity index (χ0) is 20.5. The van der Waals surface area contributed by atoms with Crippen molar-refractivity contribution in [1.29, 1.82) is 0 Å². The number of carbonyl (C=O) groups is 1. The van der Waals surface area contributed by atoms with E-state index in [1.165, 1.54) is 10.4 Å². The highest BCUT2D eigenvalue weighted by atomic mass is 32.2. The van der Waals surface area contributed by atoms with Crippen LogP contribution in [0.1, 0.15) is 55.1 Å². The highest BCUT2D eigenvalue weighted by Crippen LogP contribution is 2.30. The predicted molar refractivity (Wildman–Crippen MR) is 112 cm³/mol. The Hall–Kier alpha value is -2.18. The largest absolute Gasteiger partial charge is 0.322 e. The Balaban J connectivity index is 1.93. The van der Waals surface area contributed by atoms with E-state index < -0.39 is 10.0 Å². The minimum absolute atomic E-state index is 0.125. The van der Waals surface area contributed by atoms with Gasteiger partial charge in [0.05, 0.1) is 4.90 Å². The number of sulfonamides is 1. The number of amides is 1. The topological polar surface area (TPSA) is 66.5 Å². The van der Waals surface area contributed by atoms with Crippen LogP contribution in [-0.4, -0.2) is 31.7 Å². The van der Waals surface area contributed by atoms with Crippen LogP contribution in [0.15, 0.2) is 47.4 Å². The summed E-state index contributed by atoms with van der Waals surface area (Å²) in [6.07, 6.45) is 1.75. The molecule has 1 N–H and O–H groups in total. The average Bonchev–Trinajstić information content (AvgIpc) is 3.17. The SMILES string of the molecule is Cc1ccc(S(=O)(=O)N2CCCC2)cc1C(=O)Nc1ccccc1C(C)(C)C. The molecule has 0 bridgehead atoms. The quantitative estimate of drug-likeness (QED) is 0.831. The molecule has 1 fully saturated rings. The van der Waals surface area contributed by atoms with Crippen LogP contribution in [0, 0.1) is 6.92 Å². The molecular formula is C22H28N2O3S. The van der Waals surface area contributed by atoms with Crippen molar-refractivity contribution in [2.45, 2.75) is 50.8 Å². The van der Waals surface area contributed by atoms with Crippen molar-refractivity contribution in [3.8, 4) is 0 Å². The maximum Gasteiger partial charge on any atom is 0.255 e. The number of nitrogens with zero attached hydrogens (tertiary/aromatic N) is 1. The van der Waals surface area contributed by atoms with E-state index in [-0.39, 0.29) is 16.2 Å². The first-order chi connectivity index (χ1) is 13.1. The fourth-order valence-electron chi connectivity index (χ4n) is 3.52. The third-order valence-electron chi connectivity index (χ3n) is 5.14. The molecule has 28 heavy (non-hydrogen) atoms. The summed E-state index contributed by atoms with van der Waals surface area (Å²) in [6, 6.07) is 12.5. The molecule has 0 aliphatic carbocycles. The lowest BCUT2D eigenvalue weighted by atomic mass is 9.86. The Morgan fingerprint density at radius 1 is 1.04 bits per heavy atom. The molecule has 1 amide bonds. The van der Waals surface area contributed by atoms with E-state index in [0.717, 1.165) is 29.7 Å². The molecule has 0 saturated carbocycles. The molecule has 0 unspecified atom stereocenters. The van der Waals surface area contributed by atoms with Crippen molar-refractivity contribution in [1.82, 2.24) is 4.31 Å². The molecule has 5 nitrogen and oxygen atoms in total. The Labute approximate surface area is 167 Å². The van der Waals surface area contributed by atoms with Crippen LogP contribution < -0.4 is 5.32 Å². The number of para-hydroxylation sites is 1. The third kappa shape index (κ3) is 4.13. The van der Waals surface area contributed by atoms with Gasteiger partial charge in [0.25, 0.3) is 5.91 Å². The van der Waals surface area contributed by atoms with Crippen molar-refractivity contribution in [2.24, 2.45) is 0 Å². The molecular weight excluding hydrogens is 372 g/mol. The third-order valence-corrected chi connectivity index (χ3v) is 7.03. The highest BCUT2D eigenvalue weighted by Gasteiger charge is 2.28. The number of aryl methyl sites for hydroxylation is 1. The standard InChI is InChI=1S/C22H28N2O3S/c1-16-11-12-17(28(26,27)24-13-7-8-14-24)15-18(16)21(25)23-20-10-6-5-9-19(20)22(2,3)4/h5-6,9-12,15H,7-8,13-14H2,1-4H3,(H,23,25). The van der Waals surface area contributed by atoms with Gasteiger partial charge in [-0.1, -0.05) is 45.0 Å². The van der Waals surface area contributed by atoms with E-state index in [0.29, 0.717) is 18.7 Å². The summed E-state index contributed by atoms with van der Waals surface area (Å²) >= 11 is 0. The van der Waals surface area contributed by atoms with E-state index in [4.69, 9.17) is 0 Å². The van der Waals surface area contributed by atoms with Gasteiger partial charge in [0.15, 0.2) is 0 Å². The zero-order valence-electron chi connectivity index (χ0n) is 17.0. The van der Waals surface area contributed by atoms with Gasteiger partial charge in [-0.15, -0.1) is 0 Å². The minimum atomic E-state index is -3.56. The van der Waals surface area contributed by atoms with Gasteiger partial charge in [-0.05, 0) is 54.5 Å². The van der Waals surface area contributed by atoms with Gasteiger partial charge < -0.3 is 5.32 Å². The molecule has 150 valence electrons. The number of rotatable bonds is 4. The smallest absolute Gasteiger partial charge is 0.255 e. The Morgan fingerprint density at radius 3 is 2.32 bits per heavy atom. The van der Waals surface area contributed by atoms with Crippen molar-refractivity contribution >= 4 is 21.6 Å². The first-order valence-corrected chi connectivity index (χ1v) is 11.1. The average molecular weight is 401 g/mol. The highest BCUT2D eigenvalue weighted by molar-refractivity contribution is 7.89. The normalized spacial score (nSPS) is 15.6. The second kappa shape index (κ2) is 7.68. The lowest BCUT2D eigenvalue weighted by Crippen LogP contribution is -2.28. The van der Waals surface area contributed by atoms with Gasteiger partial charge in [0.2, 0.25) is 10.0 Å². The summed E-state index contributed by atoms with van der Waals surface area (Å²) in [6.45, 7) is 9.16. The second-order valence-corrected chi connectivity index (χ2v) is 10.3. The molecule has 1 aliphatic rings. The van der Waals surface area contributed by atoms with Crippen molar-refractivity contribution in [2.75, 3.05) is 18.4 Å². The van der Waals surface area contributed by atoms with Crippen LogP contribution in [0.4, 0.5) is 5.69 Å². The summed E-state index contributed by atoms with van der Waals surface area (Å²) in [5.41, 5.74) is 2.77. The molecule has 3 rings (SSSR count). The molecule has 0 aromatic heterocycles. The van der Waals surface area contributed by atoms with E-state index in [1.807, 2.05) is 31.2 Å². The summed E-state index contributed by atoms with van der Waals surface area (Å²) in [4.78, 5) is 13.2. The summed E-state index contributed by atoms with van der Waals surface area (Å²) in [5.74, 6) is -0.298. The van der Waals surface area contributed by atoms with E-state index in [9.17, 15) is 13.2 Å². The lowest BCUT2D eigenvalue weighted by Gasteiger charge is -2.23. The first-order valence-electron chi connectivity index (χ1n) is 9.62. The fourth-order valence-corrected chi connectivity index (χ4v) is 5.06. The first kappa shape index (κ1) is 20.6. The molecule has 0 atom stereocenters. The molecule has 2 aromatic carbocycles. The second-order valence-electron chi connectivity index (χ2n) is 8.34. The fraction of sp³-hybridized carbons (Fsp3) is 0.409. The molecule has 1 heterocycles. The number of carbonyl (C=O) groups excluding carboxylic acids is 1. The van der Waals surface area contributed by atoms with Gasteiger partial charge in [-0.2, -0.15) is 4.31 Å². The van der Waals surface area contributed by atoms with Gasteiger partial charge in [0.1, 0.15) is 0 Å². The molecule has 6 heteroatoms. The molecule has 1 aliphatic heterocycles. The molecule has 2 aromatic rings. The van der Waals surface area contributed by atoms with Crippen LogP contribution in [-0.2, 0) is 15.4 Å². The van der Waals surface area contributed by atoms with Crippen LogP contribution in [0.2, 0.25) is 0 Å². The number of benzene rings is 2. The van der Waals surface area contributed by atoms with Crippen molar-refractivity contribution < 1.29 is 13.2 Å². The lowest BCUT2D eigenvalue weighted by molar-refractivity contribution is 0.102. The zero-order valence-corrected chi connectivity index (χ0v) is 17.8. The molecule has 0 radical (unpaired) electrons. The summed E-state index contributed by atoms with van der Waals surface area (Å²) in [5, 5.41) is 2.98. The van der Waals surface area contributed by atoms with Crippen LogP contribution in [0.3, 0.4) is 0 Å². The van der Waals surface area contributed by atoms with E-state index >= 15 is 0 Å². The maximum absolute atomic E-state index is 13.0. The Morgan fingerprint density at radius 2 is 1.68 bits per heavy atom. The molecule has 0 spiro atoms. The van der Waals surface area contributed by atoms with Crippen LogP contribution >= 0.6 is 0 Å². The predicted octanol–water partition coefficient (Wildman–Crippen LogP) is 4.33. The molecule has 1 saturated heterocycles.